The summed E-state index contributed by atoms with van der Waals surface area (Å²) in [6.45, 7) is 2.03. The number of ether oxygens (including phenoxy) is 2. The minimum Gasteiger partial charge on any atom is -0.484 e. The van der Waals surface area contributed by atoms with Crippen molar-refractivity contribution in [2.45, 2.75) is 13.0 Å². The zero-order chi connectivity index (χ0) is 15.1. The summed E-state index contributed by atoms with van der Waals surface area (Å²) in [5.41, 5.74) is 5.65. The van der Waals surface area contributed by atoms with Crippen LogP contribution in [0.4, 0.5) is 5.69 Å². The zero-order valence-electron chi connectivity index (χ0n) is 11.4. The molecule has 1 aromatic rings. The number of aromatic carboxylic acids is 1. The lowest BCUT2D eigenvalue weighted by molar-refractivity contribution is -0.124. The number of carbonyl (C=O) groups is 2. The first-order chi connectivity index (χ1) is 9.43. The molecule has 0 aliphatic heterocycles. The van der Waals surface area contributed by atoms with Gasteiger partial charge in [-0.05, 0) is 19.1 Å². The molecule has 1 atom stereocenters. The summed E-state index contributed by atoms with van der Waals surface area (Å²) in [5, 5.41) is 11.5. The SMILES string of the molecule is COCC(C)NC(=O)COc1ccc(C(=O)O)c(N)c1. The van der Waals surface area contributed by atoms with E-state index < -0.39 is 5.97 Å². The molecule has 1 amide bonds. The molecule has 7 heteroatoms. The van der Waals surface area contributed by atoms with Gasteiger partial charge < -0.3 is 25.6 Å². The molecule has 7 nitrogen and oxygen atoms in total. The van der Waals surface area contributed by atoms with Crippen LogP contribution in [-0.2, 0) is 9.53 Å². The molecule has 0 radical (unpaired) electrons. The maximum Gasteiger partial charge on any atom is 0.337 e. The summed E-state index contributed by atoms with van der Waals surface area (Å²) in [4.78, 5) is 22.3. The number of nitrogens with one attached hydrogen (secondary N) is 1. The van der Waals surface area contributed by atoms with Gasteiger partial charge in [-0.25, -0.2) is 4.79 Å². The van der Waals surface area contributed by atoms with Crippen LogP contribution in [-0.4, -0.2) is 43.3 Å². The van der Waals surface area contributed by atoms with E-state index in [0.717, 1.165) is 0 Å². The lowest BCUT2D eigenvalue weighted by Gasteiger charge is -2.13. The summed E-state index contributed by atoms with van der Waals surface area (Å²) in [5.74, 6) is -1.07. The lowest BCUT2D eigenvalue weighted by atomic mass is 10.2. The second-order valence-electron chi connectivity index (χ2n) is 4.27. The van der Waals surface area contributed by atoms with Crippen LogP contribution in [0.25, 0.3) is 0 Å². The molecule has 0 aliphatic rings. The van der Waals surface area contributed by atoms with Crippen molar-refractivity contribution in [3.05, 3.63) is 23.8 Å². The Morgan fingerprint density at radius 1 is 1.45 bits per heavy atom. The van der Waals surface area contributed by atoms with Gasteiger partial charge in [0.1, 0.15) is 5.75 Å². The monoisotopic (exact) mass is 282 g/mol. The molecule has 1 unspecified atom stereocenters. The highest BCUT2D eigenvalue weighted by atomic mass is 16.5. The Labute approximate surface area is 116 Å². The Hall–Kier alpha value is -2.28. The van der Waals surface area contributed by atoms with E-state index in [9.17, 15) is 9.59 Å². The average Bonchev–Trinajstić information content (AvgIpc) is 2.36. The van der Waals surface area contributed by atoms with Crippen molar-refractivity contribution in [1.29, 1.82) is 0 Å². The van der Waals surface area contributed by atoms with Crippen molar-refractivity contribution in [2.24, 2.45) is 0 Å². The van der Waals surface area contributed by atoms with Gasteiger partial charge in [-0.15, -0.1) is 0 Å². The van der Waals surface area contributed by atoms with Gasteiger partial charge in [-0.2, -0.15) is 0 Å². The number of methoxy groups -OCH3 is 1. The van der Waals surface area contributed by atoms with Gasteiger partial charge in [0.15, 0.2) is 6.61 Å². The molecule has 1 rings (SSSR count). The first-order valence-electron chi connectivity index (χ1n) is 5.98. The normalized spacial score (nSPS) is 11.7. The van der Waals surface area contributed by atoms with Crippen molar-refractivity contribution >= 4 is 17.6 Å². The van der Waals surface area contributed by atoms with Crippen molar-refractivity contribution in [2.75, 3.05) is 26.1 Å². The fourth-order valence-electron chi connectivity index (χ4n) is 1.58. The largest absolute Gasteiger partial charge is 0.484 e. The fourth-order valence-corrected chi connectivity index (χ4v) is 1.58. The highest BCUT2D eigenvalue weighted by molar-refractivity contribution is 5.93. The second kappa shape index (κ2) is 7.34. The Morgan fingerprint density at radius 2 is 2.15 bits per heavy atom. The lowest BCUT2D eigenvalue weighted by Crippen LogP contribution is -2.38. The van der Waals surface area contributed by atoms with Gasteiger partial charge in [-0.3, -0.25) is 4.79 Å². The predicted octanol–water partition coefficient (Wildman–Crippen LogP) is 0.497. The number of anilines is 1. The number of nitrogens with two attached hydrogens (primary N) is 1. The summed E-state index contributed by atoms with van der Waals surface area (Å²) in [6, 6.07) is 4.04. The summed E-state index contributed by atoms with van der Waals surface area (Å²) >= 11 is 0. The van der Waals surface area contributed by atoms with Gasteiger partial charge in [0.05, 0.1) is 12.2 Å². The van der Waals surface area contributed by atoms with Gasteiger partial charge >= 0.3 is 5.97 Å². The molecule has 4 N–H and O–H groups in total. The third-order valence-corrected chi connectivity index (χ3v) is 2.45. The molecular formula is C13H18N2O5. The van der Waals surface area contributed by atoms with Crippen LogP contribution in [0.15, 0.2) is 18.2 Å². The Balaban J connectivity index is 2.52. The standard InChI is InChI=1S/C13H18N2O5/c1-8(6-19-2)15-12(16)7-20-9-3-4-10(13(17)18)11(14)5-9/h3-5,8H,6-7,14H2,1-2H3,(H,15,16)(H,17,18). The minimum atomic E-state index is -1.11. The molecule has 0 heterocycles. The number of benzene rings is 1. The van der Waals surface area contributed by atoms with E-state index in [0.29, 0.717) is 12.4 Å². The number of nitrogen functional groups attached to an aromatic ring is 1. The quantitative estimate of drug-likeness (QED) is 0.628. The summed E-state index contributed by atoms with van der Waals surface area (Å²) < 4.78 is 10.1. The summed E-state index contributed by atoms with van der Waals surface area (Å²) in [6.07, 6.45) is 0. The summed E-state index contributed by atoms with van der Waals surface area (Å²) in [7, 11) is 1.55. The van der Waals surface area contributed by atoms with Crippen molar-refractivity contribution in [3.63, 3.8) is 0 Å². The molecule has 110 valence electrons. The maximum absolute atomic E-state index is 11.5. The average molecular weight is 282 g/mol. The topological polar surface area (TPSA) is 111 Å². The Kier molecular flexibility index (Phi) is 5.79. The van der Waals surface area contributed by atoms with E-state index in [1.807, 2.05) is 0 Å². The smallest absolute Gasteiger partial charge is 0.337 e. The number of rotatable bonds is 7. The Bertz CT molecular complexity index is 490. The highest BCUT2D eigenvalue weighted by Gasteiger charge is 2.10. The number of hydrogen-bond donors (Lipinski definition) is 3. The molecule has 0 saturated carbocycles. The zero-order valence-corrected chi connectivity index (χ0v) is 11.4. The first kappa shape index (κ1) is 15.8. The number of amides is 1. The molecule has 0 spiro atoms. The van der Waals surface area contributed by atoms with Gasteiger partial charge in [0, 0.05) is 24.9 Å². The van der Waals surface area contributed by atoms with Crippen LogP contribution in [0.3, 0.4) is 0 Å². The third-order valence-electron chi connectivity index (χ3n) is 2.45. The van der Waals surface area contributed by atoms with Crippen molar-refractivity contribution < 1.29 is 24.2 Å². The van der Waals surface area contributed by atoms with Crippen LogP contribution >= 0.6 is 0 Å². The first-order valence-corrected chi connectivity index (χ1v) is 5.98. The number of carboxylic acids is 1. The molecule has 0 fully saturated rings. The molecular weight excluding hydrogens is 264 g/mol. The number of carboxylic acid groups (broad SMARTS) is 1. The molecule has 0 saturated heterocycles. The van der Waals surface area contributed by atoms with E-state index in [1.54, 1.807) is 14.0 Å². The van der Waals surface area contributed by atoms with E-state index in [1.165, 1.54) is 18.2 Å². The van der Waals surface area contributed by atoms with Gasteiger partial charge in [0.2, 0.25) is 0 Å². The number of hydrogen-bond acceptors (Lipinski definition) is 5. The highest BCUT2D eigenvalue weighted by Crippen LogP contribution is 2.19. The molecule has 0 aromatic heterocycles. The minimum absolute atomic E-state index is 0.00415. The fraction of sp³-hybridized carbons (Fsp3) is 0.385. The van der Waals surface area contributed by atoms with Crippen molar-refractivity contribution in [1.82, 2.24) is 5.32 Å². The molecule has 20 heavy (non-hydrogen) atoms. The van der Waals surface area contributed by atoms with Crippen LogP contribution in [0.5, 0.6) is 5.75 Å². The predicted molar refractivity (Wildman–Crippen MR) is 72.8 cm³/mol. The van der Waals surface area contributed by atoms with Crippen LogP contribution in [0.1, 0.15) is 17.3 Å². The van der Waals surface area contributed by atoms with E-state index in [-0.39, 0.29) is 29.8 Å². The molecule has 0 aliphatic carbocycles. The second-order valence-corrected chi connectivity index (χ2v) is 4.27. The molecule has 1 aromatic carbocycles. The van der Waals surface area contributed by atoms with Gasteiger partial charge in [-0.1, -0.05) is 0 Å². The number of carbonyl (C=O) groups excluding carboxylic acids is 1. The van der Waals surface area contributed by atoms with Crippen LogP contribution in [0.2, 0.25) is 0 Å². The van der Waals surface area contributed by atoms with Crippen LogP contribution < -0.4 is 15.8 Å². The van der Waals surface area contributed by atoms with Gasteiger partial charge in [0.25, 0.3) is 5.91 Å². The Morgan fingerprint density at radius 3 is 2.70 bits per heavy atom. The van der Waals surface area contributed by atoms with E-state index in [4.69, 9.17) is 20.3 Å². The molecule has 0 bridgehead atoms. The third kappa shape index (κ3) is 4.77. The maximum atomic E-state index is 11.5. The van der Waals surface area contributed by atoms with Crippen molar-refractivity contribution in [3.8, 4) is 5.75 Å². The van der Waals surface area contributed by atoms with E-state index in [2.05, 4.69) is 5.32 Å². The van der Waals surface area contributed by atoms with Crippen LogP contribution in [0, 0.1) is 0 Å². The van der Waals surface area contributed by atoms with E-state index >= 15 is 0 Å².